The summed E-state index contributed by atoms with van der Waals surface area (Å²) in [6, 6.07) is 1.99. The van der Waals surface area contributed by atoms with Gasteiger partial charge in [0.05, 0.1) is 11.9 Å². The van der Waals surface area contributed by atoms with Crippen molar-refractivity contribution in [2.24, 2.45) is 5.92 Å². The molecule has 0 aliphatic heterocycles. The molecule has 0 aromatic carbocycles. The normalized spacial score (nSPS) is 11.8. The second-order valence-corrected chi connectivity index (χ2v) is 6.07. The molecule has 4 nitrogen and oxygen atoms in total. The summed E-state index contributed by atoms with van der Waals surface area (Å²) in [6.07, 6.45) is 2.44. The predicted molar refractivity (Wildman–Crippen MR) is 86.9 cm³/mol. The zero-order chi connectivity index (χ0) is 14.5. The van der Waals surface area contributed by atoms with Crippen LogP contribution in [0.3, 0.4) is 0 Å². The van der Waals surface area contributed by atoms with E-state index in [0.29, 0.717) is 5.82 Å². The van der Waals surface area contributed by atoms with Crippen LogP contribution in [0.15, 0.2) is 11.4 Å². The monoisotopic (exact) mass is 292 g/mol. The Morgan fingerprint density at radius 1 is 1.25 bits per heavy atom. The molecule has 2 aromatic rings. The Bertz CT molecular complexity index is 548. The van der Waals surface area contributed by atoms with Gasteiger partial charge >= 0.3 is 0 Å². The number of hydrogen-bond acceptors (Lipinski definition) is 5. The Balaban J connectivity index is 2.12. The zero-order valence-electron chi connectivity index (χ0n) is 12.6. The molecule has 20 heavy (non-hydrogen) atoms. The molecular formula is C15H24N4S. The van der Waals surface area contributed by atoms with E-state index in [1.54, 1.807) is 11.3 Å². The van der Waals surface area contributed by atoms with Gasteiger partial charge in [-0.1, -0.05) is 33.6 Å². The van der Waals surface area contributed by atoms with Gasteiger partial charge in [0, 0.05) is 6.54 Å². The summed E-state index contributed by atoms with van der Waals surface area (Å²) >= 11 is 1.62. The maximum atomic E-state index is 6.01. The van der Waals surface area contributed by atoms with Gasteiger partial charge < -0.3 is 5.73 Å². The number of rotatable bonds is 7. The Labute approximate surface area is 125 Å². The van der Waals surface area contributed by atoms with Crippen LogP contribution in [0, 0.1) is 5.92 Å². The van der Waals surface area contributed by atoms with Crippen LogP contribution in [-0.2, 0) is 6.54 Å². The van der Waals surface area contributed by atoms with E-state index in [1.807, 2.05) is 11.4 Å². The standard InChI is InChI=1S/C15H24N4S/c1-4-11(5-2)9-19(6-3)10-13-17-14(16)12-7-8-20-15(12)18-13/h7-8,11H,4-6,9-10H2,1-3H3,(H2,16,17,18). The van der Waals surface area contributed by atoms with Crippen LogP contribution in [0.4, 0.5) is 5.82 Å². The zero-order valence-corrected chi connectivity index (χ0v) is 13.4. The molecule has 0 aliphatic rings. The van der Waals surface area contributed by atoms with Crippen molar-refractivity contribution < 1.29 is 0 Å². The number of fused-ring (bicyclic) bond motifs is 1. The average molecular weight is 292 g/mol. The minimum absolute atomic E-state index is 0.602. The summed E-state index contributed by atoms with van der Waals surface area (Å²) < 4.78 is 0. The molecule has 0 bridgehead atoms. The molecule has 0 unspecified atom stereocenters. The molecular weight excluding hydrogens is 268 g/mol. The molecule has 0 fully saturated rings. The third-order valence-corrected chi connectivity index (χ3v) is 4.69. The Hall–Kier alpha value is -1.20. The van der Waals surface area contributed by atoms with Crippen molar-refractivity contribution in [1.82, 2.24) is 14.9 Å². The van der Waals surface area contributed by atoms with Gasteiger partial charge in [0.1, 0.15) is 16.5 Å². The molecule has 0 spiro atoms. The van der Waals surface area contributed by atoms with Crippen molar-refractivity contribution in [2.75, 3.05) is 18.8 Å². The number of aromatic nitrogens is 2. The highest BCUT2D eigenvalue weighted by Crippen LogP contribution is 2.23. The van der Waals surface area contributed by atoms with Crippen LogP contribution < -0.4 is 5.73 Å². The van der Waals surface area contributed by atoms with Crippen molar-refractivity contribution in [2.45, 2.75) is 40.2 Å². The van der Waals surface area contributed by atoms with Gasteiger partial charge in [0.2, 0.25) is 0 Å². The molecule has 0 radical (unpaired) electrons. The van der Waals surface area contributed by atoms with E-state index in [2.05, 4.69) is 35.6 Å². The van der Waals surface area contributed by atoms with Crippen LogP contribution >= 0.6 is 11.3 Å². The Kier molecular flexibility index (Phi) is 5.31. The molecule has 110 valence electrons. The van der Waals surface area contributed by atoms with Crippen LogP contribution in [0.25, 0.3) is 10.2 Å². The van der Waals surface area contributed by atoms with Crippen LogP contribution in [0.5, 0.6) is 0 Å². The second kappa shape index (κ2) is 6.99. The van der Waals surface area contributed by atoms with E-state index in [9.17, 15) is 0 Å². The highest BCUT2D eigenvalue weighted by Gasteiger charge is 2.13. The lowest BCUT2D eigenvalue weighted by Crippen LogP contribution is -2.29. The minimum atomic E-state index is 0.602. The fourth-order valence-corrected chi connectivity index (χ4v) is 3.20. The first-order valence-corrected chi connectivity index (χ1v) is 8.27. The Morgan fingerprint density at radius 2 is 2.00 bits per heavy atom. The molecule has 0 saturated heterocycles. The molecule has 0 saturated carbocycles. The summed E-state index contributed by atoms with van der Waals surface area (Å²) in [5.74, 6) is 2.19. The van der Waals surface area contributed by atoms with Gasteiger partial charge in [-0.25, -0.2) is 9.97 Å². The number of nitrogen functional groups attached to an aromatic ring is 1. The summed E-state index contributed by atoms with van der Waals surface area (Å²) in [5.41, 5.74) is 6.01. The van der Waals surface area contributed by atoms with Gasteiger partial charge in [-0.2, -0.15) is 0 Å². The molecule has 0 atom stereocenters. The molecule has 2 N–H and O–H groups in total. The Morgan fingerprint density at radius 3 is 2.65 bits per heavy atom. The lowest BCUT2D eigenvalue weighted by atomic mass is 10.0. The maximum Gasteiger partial charge on any atom is 0.146 e. The topological polar surface area (TPSA) is 55.0 Å². The van der Waals surface area contributed by atoms with Gasteiger partial charge in [-0.3, -0.25) is 4.90 Å². The smallest absolute Gasteiger partial charge is 0.146 e. The first-order valence-electron chi connectivity index (χ1n) is 7.39. The highest BCUT2D eigenvalue weighted by molar-refractivity contribution is 7.16. The van der Waals surface area contributed by atoms with Gasteiger partial charge in [0.15, 0.2) is 0 Å². The fourth-order valence-electron chi connectivity index (χ4n) is 2.41. The van der Waals surface area contributed by atoms with Gasteiger partial charge in [-0.05, 0) is 23.9 Å². The lowest BCUT2D eigenvalue weighted by Gasteiger charge is -2.24. The lowest BCUT2D eigenvalue weighted by molar-refractivity contribution is 0.222. The van der Waals surface area contributed by atoms with Crippen molar-refractivity contribution in [3.8, 4) is 0 Å². The van der Waals surface area contributed by atoms with E-state index in [-0.39, 0.29) is 0 Å². The van der Waals surface area contributed by atoms with Crippen molar-refractivity contribution >= 4 is 27.4 Å². The fraction of sp³-hybridized carbons (Fsp3) is 0.600. The van der Waals surface area contributed by atoms with E-state index < -0.39 is 0 Å². The van der Waals surface area contributed by atoms with E-state index in [4.69, 9.17) is 5.73 Å². The van der Waals surface area contributed by atoms with Crippen LogP contribution in [0.2, 0.25) is 0 Å². The summed E-state index contributed by atoms with van der Waals surface area (Å²) in [5, 5.41) is 2.99. The number of thiophene rings is 1. The average Bonchev–Trinajstić information content (AvgIpc) is 2.92. The van der Waals surface area contributed by atoms with Gasteiger partial charge in [-0.15, -0.1) is 11.3 Å². The number of anilines is 1. The highest BCUT2D eigenvalue weighted by atomic mass is 32.1. The molecule has 2 aromatic heterocycles. The molecule has 2 heterocycles. The summed E-state index contributed by atoms with van der Waals surface area (Å²) in [7, 11) is 0. The molecule has 0 aliphatic carbocycles. The van der Waals surface area contributed by atoms with Crippen LogP contribution in [-0.4, -0.2) is 28.0 Å². The number of hydrogen-bond donors (Lipinski definition) is 1. The summed E-state index contributed by atoms with van der Waals surface area (Å²) in [4.78, 5) is 12.5. The predicted octanol–water partition coefficient (Wildman–Crippen LogP) is 3.53. The summed E-state index contributed by atoms with van der Waals surface area (Å²) in [6.45, 7) is 9.61. The molecule has 0 amide bonds. The second-order valence-electron chi connectivity index (χ2n) is 5.17. The van der Waals surface area contributed by atoms with Crippen molar-refractivity contribution in [1.29, 1.82) is 0 Å². The van der Waals surface area contributed by atoms with E-state index in [1.165, 1.54) is 12.8 Å². The third kappa shape index (κ3) is 3.46. The first-order chi connectivity index (χ1) is 9.67. The van der Waals surface area contributed by atoms with Crippen molar-refractivity contribution in [3.63, 3.8) is 0 Å². The quantitative estimate of drug-likeness (QED) is 0.848. The van der Waals surface area contributed by atoms with Gasteiger partial charge in [0.25, 0.3) is 0 Å². The minimum Gasteiger partial charge on any atom is -0.383 e. The number of nitrogens with two attached hydrogens (primary N) is 1. The molecule has 5 heteroatoms. The third-order valence-electron chi connectivity index (χ3n) is 3.88. The van der Waals surface area contributed by atoms with Crippen LogP contribution in [0.1, 0.15) is 39.4 Å². The first kappa shape index (κ1) is 15.2. The van der Waals surface area contributed by atoms with E-state index in [0.717, 1.165) is 41.6 Å². The van der Waals surface area contributed by atoms with Crippen molar-refractivity contribution in [3.05, 3.63) is 17.3 Å². The molecule has 2 rings (SSSR count). The number of nitrogens with zero attached hydrogens (tertiary/aromatic N) is 3. The largest absolute Gasteiger partial charge is 0.383 e. The van der Waals surface area contributed by atoms with E-state index >= 15 is 0 Å². The SMILES string of the molecule is CCC(CC)CN(CC)Cc1nc(N)c2ccsc2n1. The maximum absolute atomic E-state index is 6.01.